The van der Waals surface area contributed by atoms with Crippen LogP contribution in [0.1, 0.15) is 24.0 Å². The topological polar surface area (TPSA) is 32.3 Å². The Balaban J connectivity index is 1.18. The summed E-state index contributed by atoms with van der Waals surface area (Å²) in [5, 5.41) is 7.12. The summed E-state index contributed by atoms with van der Waals surface area (Å²) >= 11 is 14.2. The lowest BCUT2D eigenvalue weighted by atomic mass is 9.95. The molecule has 0 unspecified atom stereocenters. The molecule has 32 heavy (non-hydrogen) atoms. The Hall–Kier alpha value is -1.72. The van der Waals surface area contributed by atoms with E-state index in [4.69, 9.17) is 23.2 Å². The van der Waals surface area contributed by atoms with Gasteiger partial charge in [0.1, 0.15) is 0 Å². The second-order valence-electron chi connectivity index (χ2n) is 8.23. The van der Waals surface area contributed by atoms with E-state index in [1.807, 2.05) is 18.2 Å². The van der Waals surface area contributed by atoms with Crippen molar-refractivity contribution in [2.24, 2.45) is 5.92 Å². The molecule has 1 aliphatic rings. The maximum absolute atomic E-state index is 12.6. The van der Waals surface area contributed by atoms with Gasteiger partial charge in [-0.15, -0.1) is 0 Å². The second kappa shape index (κ2) is 11.4. The number of nitrogens with zero attached hydrogens (tertiary/aromatic N) is 1. The van der Waals surface area contributed by atoms with E-state index in [0.717, 1.165) is 49.5 Å². The zero-order valence-corrected chi connectivity index (χ0v) is 20.4. The normalized spacial score (nSPS) is 15.2. The highest BCUT2D eigenvalue weighted by Gasteiger charge is 2.25. The fourth-order valence-corrected chi connectivity index (χ4v) is 5.86. The van der Waals surface area contributed by atoms with Gasteiger partial charge in [-0.3, -0.25) is 9.69 Å². The summed E-state index contributed by atoms with van der Waals surface area (Å²) in [7, 11) is 0. The molecule has 1 aliphatic heterocycles. The number of carbonyl (C=O) groups excluding carboxylic acids is 1. The van der Waals surface area contributed by atoms with Gasteiger partial charge in [0.15, 0.2) is 0 Å². The molecule has 1 saturated heterocycles. The quantitative estimate of drug-likeness (QED) is 0.373. The summed E-state index contributed by atoms with van der Waals surface area (Å²) < 4.78 is 0. The van der Waals surface area contributed by atoms with Crippen LogP contribution in [0.4, 0.5) is 0 Å². The summed E-state index contributed by atoms with van der Waals surface area (Å²) in [6.07, 6.45) is 1.83. The van der Waals surface area contributed by atoms with Crippen LogP contribution in [0.3, 0.4) is 0 Å². The molecule has 0 radical (unpaired) electrons. The van der Waals surface area contributed by atoms with E-state index in [1.54, 1.807) is 11.8 Å². The minimum absolute atomic E-state index is 0.113. The number of nitrogens with one attached hydrogen (secondary N) is 1. The number of thioether (sulfide) groups is 1. The number of hydrogen-bond donors (Lipinski definition) is 1. The number of rotatable bonds is 8. The fourth-order valence-electron chi connectivity index (χ4n) is 4.26. The Morgan fingerprint density at radius 3 is 2.44 bits per heavy atom. The Labute approximate surface area is 204 Å². The van der Waals surface area contributed by atoms with E-state index in [-0.39, 0.29) is 11.8 Å². The minimum Gasteiger partial charge on any atom is -0.355 e. The number of fused-ring (bicyclic) bond motifs is 1. The number of piperidine rings is 1. The van der Waals surface area contributed by atoms with Crippen molar-refractivity contribution < 1.29 is 4.79 Å². The van der Waals surface area contributed by atoms with Crippen LogP contribution in [0.25, 0.3) is 10.8 Å². The van der Waals surface area contributed by atoms with Gasteiger partial charge in [0, 0.05) is 40.6 Å². The van der Waals surface area contributed by atoms with Crippen molar-refractivity contribution in [3.8, 4) is 0 Å². The zero-order valence-electron chi connectivity index (χ0n) is 18.0. The SMILES string of the molecule is O=C(NCCSCc1c(Cl)cccc1Cl)C1CCN(Cc2cccc3ccccc23)CC1. The van der Waals surface area contributed by atoms with E-state index >= 15 is 0 Å². The standard InChI is InChI=1S/C26H28Cl2N2OS/c27-24-9-4-10-25(28)23(24)18-32-16-13-29-26(31)20-11-14-30(15-12-20)17-21-7-3-6-19-5-1-2-8-22(19)21/h1-10,20H,11-18H2,(H,29,31). The average molecular weight is 487 g/mol. The molecule has 1 N–H and O–H groups in total. The minimum atomic E-state index is 0.113. The third-order valence-corrected chi connectivity index (χ3v) is 7.78. The van der Waals surface area contributed by atoms with Gasteiger partial charge >= 0.3 is 0 Å². The van der Waals surface area contributed by atoms with Crippen LogP contribution in [-0.2, 0) is 17.1 Å². The first-order valence-corrected chi connectivity index (χ1v) is 13.0. The Morgan fingerprint density at radius 1 is 0.969 bits per heavy atom. The average Bonchev–Trinajstić information content (AvgIpc) is 2.81. The lowest BCUT2D eigenvalue weighted by Gasteiger charge is -2.31. The maximum Gasteiger partial charge on any atom is 0.223 e. The van der Waals surface area contributed by atoms with Gasteiger partial charge < -0.3 is 5.32 Å². The molecular formula is C26H28Cl2N2OS. The third kappa shape index (κ3) is 5.99. The predicted molar refractivity (Wildman–Crippen MR) is 138 cm³/mol. The Bertz CT molecular complexity index is 1040. The summed E-state index contributed by atoms with van der Waals surface area (Å²) in [6.45, 7) is 3.53. The maximum atomic E-state index is 12.6. The predicted octanol–water partition coefficient (Wildman–Crippen LogP) is 6.41. The van der Waals surface area contributed by atoms with E-state index in [9.17, 15) is 4.79 Å². The smallest absolute Gasteiger partial charge is 0.223 e. The molecule has 3 nitrogen and oxygen atoms in total. The summed E-state index contributed by atoms with van der Waals surface area (Å²) in [5.74, 6) is 1.89. The lowest BCUT2D eigenvalue weighted by molar-refractivity contribution is -0.126. The Kier molecular flexibility index (Phi) is 8.37. The van der Waals surface area contributed by atoms with Gasteiger partial charge in [-0.05, 0) is 60.0 Å². The van der Waals surface area contributed by atoms with Crippen molar-refractivity contribution >= 4 is 51.6 Å². The monoisotopic (exact) mass is 486 g/mol. The molecular weight excluding hydrogens is 459 g/mol. The van der Waals surface area contributed by atoms with Crippen molar-refractivity contribution in [3.05, 3.63) is 81.8 Å². The molecule has 1 heterocycles. The number of amides is 1. The fraction of sp³-hybridized carbons (Fsp3) is 0.346. The van der Waals surface area contributed by atoms with E-state index in [2.05, 4.69) is 52.7 Å². The molecule has 0 aromatic heterocycles. The van der Waals surface area contributed by atoms with Gasteiger partial charge in [-0.1, -0.05) is 71.7 Å². The first kappa shape index (κ1) is 23.4. The Morgan fingerprint density at radius 2 is 1.66 bits per heavy atom. The van der Waals surface area contributed by atoms with Crippen LogP contribution in [0.2, 0.25) is 10.0 Å². The van der Waals surface area contributed by atoms with Gasteiger partial charge in [0.25, 0.3) is 0 Å². The third-order valence-electron chi connectivity index (χ3n) is 6.09. The highest BCUT2D eigenvalue weighted by atomic mass is 35.5. The molecule has 1 amide bonds. The van der Waals surface area contributed by atoms with Gasteiger partial charge in [0.2, 0.25) is 5.91 Å². The summed E-state index contributed by atoms with van der Waals surface area (Å²) in [4.78, 5) is 15.1. The molecule has 0 bridgehead atoms. The molecule has 1 fully saturated rings. The molecule has 168 valence electrons. The lowest BCUT2D eigenvalue weighted by Crippen LogP contribution is -2.40. The first-order chi connectivity index (χ1) is 15.6. The van der Waals surface area contributed by atoms with E-state index in [1.165, 1.54) is 16.3 Å². The van der Waals surface area contributed by atoms with Crippen LogP contribution >= 0.6 is 35.0 Å². The second-order valence-corrected chi connectivity index (χ2v) is 10.2. The van der Waals surface area contributed by atoms with Crippen molar-refractivity contribution in [2.75, 3.05) is 25.4 Å². The molecule has 0 spiro atoms. The molecule has 6 heteroatoms. The van der Waals surface area contributed by atoms with E-state index < -0.39 is 0 Å². The van der Waals surface area contributed by atoms with Crippen molar-refractivity contribution in [1.82, 2.24) is 10.2 Å². The number of halogens is 2. The van der Waals surface area contributed by atoms with Crippen LogP contribution in [0, 0.1) is 5.92 Å². The highest BCUT2D eigenvalue weighted by Crippen LogP contribution is 2.28. The molecule has 0 saturated carbocycles. The zero-order chi connectivity index (χ0) is 22.3. The van der Waals surface area contributed by atoms with Crippen LogP contribution < -0.4 is 5.32 Å². The van der Waals surface area contributed by atoms with Crippen molar-refractivity contribution in [3.63, 3.8) is 0 Å². The molecule has 3 aromatic carbocycles. The van der Waals surface area contributed by atoms with Crippen LogP contribution in [0.5, 0.6) is 0 Å². The largest absolute Gasteiger partial charge is 0.355 e. The van der Waals surface area contributed by atoms with Gasteiger partial charge in [-0.2, -0.15) is 11.8 Å². The van der Waals surface area contributed by atoms with Crippen LogP contribution in [0.15, 0.2) is 60.7 Å². The summed E-state index contributed by atoms with van der Waals surface area (Å²) in [5.41, 5.74) is 2.33. The van der Waals surface area contributed by atoms with Gasteiger partial charge in [-0.25, -0.2) is 0 Å². The first-order valence-electron chi connectivity index (χ1n) is 11.1. The molecule has 0 aliphatic carbocycles. The molecule has 0 atom stereocenters. The van der Waals surface area contributed by atoms with Crippen molar-refractivity contribution in [2.45, 2.75) is 25.1 Å². The molecule has 3 aromatic rings. The number of carbonyl (C=O) groups is 1. The van der Waals surface area contributed by atoms with Gasteiger partial charge in [0.05, 0.1) is 0 Å². The highest BCUT2D eigenvalue weighted by molar-refractivity contribution is 7.98. The summed E-state index contributed by atoms with van der Waals surface area (Å²) in [6, 6.07) is 20.6. The van der Waals surface area contributed by atoms with Crippen molar-refractivity contribution in [1.29, 1.82) is 0 Å². The number of benzene rings is 3. The molecule has 4 rings (SSSR count). The van der Waals surface area contributed by atoms with Crippen LogP contribution in [-0.4, -0.2) is 36.2 Å². The van der Waals surface area contributed by atoms with E-state index in [0.29, 0.717) is 16.6 Å². The number of likely N-dealkylation sites (tertiary alicyclic amines) is 1. The number of hydrogen-bond acceptors (Lipinski definition) is 3.